The van der Waals surface area contributed by atoms with Crippen LogP contribution in [0.15, 0.2) is 70.6 Å². The molecule has 3 aromatic carbocycles. The number of nitrogens with zero attached hydrogens (tertiary/aromatic N) is 2. The van der Waals surface area contributed by atoms with Crippen molar-refractivity contribution in [1.29, 1.82) is 5.26 Å². The number of aromatic amines is 1. The Morgan fingerprint density at radius 1 is 1.13 bits per heavy atom. The Morgan fingerprint density at radius 2 is 1.90 bits per heavy atom. The SMILES string of the molecule is CSc1nc(-c2c(OCc3ccccc3F)ccc3ccccc23)c(C#N)c(=O)[nH]1. The van der Waals surface area contributed by atoms with Crippen LogP contribution in [0.25, 0.3) is 22.0 Å². The van der Waals surface area contributed by atoms with Gasteiger partial charge in [0.1, 0.15) is 35.5 Å². The highest BCUT2D eigenvalue weighted by atomic mass is 32.2. The third-order valence-electron chi connectivity index (χ3n) is 4.67. The molecule has 0 amide bonds. The lowest BCUT2D eigenvalue weighted by Crippen LogP contribution is -2.15. The van der Waals surface area contributed by atoms with Crippen LogP contribution in [-0.2, 0) is 6.61 Å². The van der Waals surface area contributed by atoms with E-state index in [1.807, 2.05) is 36.4 Å². The Labute approximate surface area is 176 Å². The molecular weight excluding hydrogens is 401 g/mol. The van der Waals surface area contributed by atoms with E-state index in [2.05, 4.69) is 9.97 Å². The molecule has 0 atom stereocenters. The van der Waals surface area contributed by atoms with Crippen LogP contribution in [0.2, 0.25) is 0 Å². The summed E-state index contributed by atoms with van der Waals surface area (Å²) in [7, 11) is 0. The Balaban J connectivity index is 1.93. The van der Waals surface area contributed by atoms with Gasteiger partial charge in [-0.2, -0.15) is 5.26 Å². The summed E-state index contributed by atoms with van der Waals surface area (Å²) < 4.78 is 20.0. The summed E-state index contributed by atoms with van der Waals surface area (Å²) in [5.74, 6) is 0.0510. The van der Waals surface area contributed by atoms with Crippen LogP contribution in [0.5, 0.6) is 5.75 Å². The van der Waals surface area contributed by atoms with Crippen molar-refractivity contribution in [3.63, 3.8) is 0 Å². The molecule has 148 valence electrons. The molecule has 0 aliphatic heterocycles. The van der Waals surface area contributed by atoms with Gasteiger partial charge in [-0.1, -0.05) is 60.3 Å². The highest BCUT2D eigenvalue weighted by molar-refractivity contribution is 7.98. The van der Waals surface area contributed by atoms with E-state index in [4.69, 9.17) is 4.74 Å². The van der Waals surface area contributed by atoms with E-state index in [1.165, 1.54) is 17.8 Å². The normalized spacial score (nSPS) is 10.7. The minimum Gasteiger partial charge on any atom is -0.488 e. The topological polar surface area (TPSA) is 78.8 Å². The zero-order valence-corrected chi connectivity index (χ0v) is 16.8. The number of halogens is 1. The fourth-order valence-electron chi connectivity index (χ4n) is 3.22. The summed E-state index contributed by atoms with van der Waals surface area (Å²) in [5.41, 5.74) is 0.564. The van der Waals surface area contributed by atoms with Gasteiger partial charge in [0.25, 0.3) is 5.56 Å². The summed E-state index contributed by atoms with van der Waals surface area (Å²) in [6, 6.07) is 19.5. The molecule has 0 unspecified atom stereocenters. The van der Waals surface area contributed by atoms with Crippen molar-refractivity contribution in [2.75, 3.05) is 6.26 Å². The smallest absolute Gasteiger partial charge is 0.270 e. The van der Waals surface area contributed by atoms with Crippen molar-refractivity contribution in [1.82, 2.24) is 9.97 Å². The number of rotatable bonds is 5. The molecule has 4 rings (SSSR count). The van der Waals surface area contributed by atoms with Gasteiger partial charge in [0, 0.05) is 5.56 Å². The first-order chi connectivity index (χ1) is 14.6. The maximum absolute atomic E-state index is 14.1. The van der Waals surface area contributed by atoms with E-state index < -0.39 is 5.56 Å². The summed E-state index contributed by atoms with van der Waals surface area (Å²) >= 11 is 1.27. The number of nitrogens with one attached hydrogen (secondary N) is 1. The van der Waals surface area contributed by atoms with Crippen molar-refractivity contribution in [2.24, 2.45) is 0 Å². The predicted molar refractivity (Wildman–Crippen MR) is 115 cm³/mol. The van der Waals surface area contributed by atoms with Crippen molar-refractivity contribution in [3.8, 4) is 23.1 Å². The van der Waals surface area contributed by atoms with Crippen LogP contribution in [0.1, 0.15) is 11.1 Å². The minimum atomic E-state index is -0.514. The van der Waals surface area contributed by atoms with E-state index in [-0.39, 0.29) is 23.7 Å². The lowest BCUT2D eigenvalue weighted by Gasteiger charge is -2.15. The van der Waals surface area contributed by atoms with Crippen LogP contribution in [0.4, 0.5) is 4.39 Å². The molecule has 4 aromatic rings. The molecule has 0 aliphatic carbocycles. The van der Waals surface area contributed by atoms with Gasteiger partial charge in [0.05, 0.1) is 5.56 Å². The molecule has 1 aromatic heterocycles. The molecule has 0 saturated heterocycles. The van der Waals surface area contributed by atoms with Gasteiger partial charge in [-0.3, -0.25) is 4.79 Å². The molecule has 7 heteroatoms. The molecular formula is C23H16FN3O2S. The minimum absolute atomic E-state index is 0.00151. The molecule has 0 fully saturated rings. The first-order valence-corrected chi connectivity index (χ1v) is 10.3. The number of nitriles is 1. The fraction of sp³-hybridized carbons (Fsp3) is 0.0870. The van der Waals surface area contributed by atoms with Crippen LogP contribution < -0.4 is 10.3 Å². The van der Waals surface area contributed by atoms with E-state index in [0.717, 1.165) is 10.8 Å². The summed E-state index contributed by atoms with van der Waals surface area (Å²) in [6.45, 7) is -0.00151. The molecule has 0 radical (unpaired) electrons. The van der Waals surface area contributed by atoms with Gasteiger partial charge in [-0.05, 0) is 29.2 Å². The van der Waals surface area contributed by atoms with Gasteiger partial charge < -0.3 is 9.72 Å². The summed E-state index contributed by atoms with van der Waals surface area (Å²) in [6.07, 6.45) is 1.78. The number of fused-ring (bicyclic) bond motifs is 1. The second-order valence-corrected chi connectivity index (χ2v) is 7.25. The van der Waals surface area contributed by atoms with E-state index in [0.29, 0.717) is 22.0 Å². The van der Waals surface area contributed by atoms with Crippen molar-refractivity contribution < 1.29 is 9.13 Å². The Morgan fingerprint density at radius 3 is 2.67 bits per heavy atom. The standard InChI is InChI=1S/C23H16FN3O2S/c1-30-23-26-21(17(12-25)22(28)27-23)20-16-8-4-2-6-14(16)10-11-19(20)29-13-15-7-3-5-9-18(15)24/h2-11H,13H2,1H3,(H,26,27,28). The zero-order valence-electron chi connectivity index (χ0n) is 16.0. The third-order valence-corrected chi connectivity index (χ3v) is 5.25. The molecule has 0 bridgehead atoms. The number of hydrogen-bond acceptors (Lipinski definition) is 5. The van der Waals surface area contributed by atoms with Gasteiger partial charge in [-0.15, -0.1) is 0 Å². The maximum Gasteiger partial charge on any atom is 0.270 e. The van der Waals surface area contributed by atoms with Gasteiger partial charge >= 0.3 is 0 Å². The predicted octanol–water partition coefficient (Wildman–Crippen LogP) is 4.90. The van der Waals surface area contributed by atoms with Crippen LogP contribution in [0, 0.1) is 17.1 Å². The number of thioether (sulfide) groups is 1. The Hall–Kier alpha value is -3.63. The second kappa shape index (κ2) is 8.39. The number of H-pyrrole nitrogens is 1. The third kappa shape index (κ3) is 3.65. The summed E-state index contributed by atoms with van der Waals surface area (Å²) in [5, 5.41) is 11.7. The average Bonchev–Trinajstić information content (AvgIpc) is 2.77. The van der Waals surface area contributed by atoms with Gasteiger partial charge in [-0.25, -0.2) is 9.37 Å². The average molecular weight is 417 g/mol. The van der Waals surface area contributed by atoms with Crippen LogP contribution >= 0.6 is 11.8 Å². The number of benzene rings is 3. The monoisotopic (exact) mass is 417 g/mol. The Kier molecular flexibility index (Phi) is 5.50. The number of aromatic nitrogens is 2. The molecule has 1 N–H and O–H groups in total. The lowest BCUT2D eigenvalue weighted by molar-refractivity contribution is 0.301. The largest absolute Gasteiger partial charge is 0.488 e. The quantitative estimate of drug-likeness (QED) is 0.369. The zero-order chi connectivity index (χ0) is 21.1. The van der Waals surface area contributed by atoms with E-state index in [1.54, 1.807) is 30.5 Å². The maximum atomic E-state index is 14.1. The van der Waals surface area contributed by atoms with E-state index in [9.17, 15) is 14.4 Å². The first kappa shape index (κ1) is 19.7. The van der Waals surface area contributed by atoms with Crippen LogP contribution in [0.3, 0.4) is 0 Å². The molecule has 0 spiro atoms. The summed E-state index contributed by atoms with van der Waals surface area (Å²) in [4.78, 5) is 19.6. The molecule has 1 heterocycles. The Bertz CT molecular complexity index is 1340. The number of ether oxygens (including phenoxy) is 1. The van der Waals surface area contributed by atoms with Gasteiger partial charge in [0.2, 0.25) is 0 Å². The van der Waals surface area contributed by atoms with E-state index >= 15 is 0 Å². The van der Waals surface area contributed by atoms with Gasteiger partial charge in [0.15, 0.2) is 5.16 Å². The molecule has 30 heavy (non-hydrogen) atoms. The first-order valence-electron chi connectivity index (χ1n) is 9.09. The lowest BCUT2D eigenvalue weighted by atomic mass is 9.98. The van der Waals surface area contributed by atoms with Crippen LogP contribution in [-0.4, -0.2) is 16.2 Å². The van der Waals surface area contributed by atoms with Crippen molar-refractivity contribution in [3.05, 3.63) is 88.0 Å². The second-order valence-electron chi connectivity index (χ2n) is 6.45. The molecule has 5 nitrogen and oxygen atoms in total. The van der Waals surface area contributed by atoms with Crippen molar-refractivity contribution >= 4 is 22.5 Å². The molecule has 0 aliphatic rings. The fourth-order valence-corrected chi connectivity index (χ4v) is 3.60. The molecule has 0 saturated carbocycles. The number of hydrogen-bond donors (Lipinski definition) is 1. The van der Waals surface area contributed by atoms with Crippen molar-refractivity contribution in [2.45, 2.75) is 11.8 Å². The highest BCUT2D eigenvalue weighted by Crippen LogP contribution is 2.38. The highest BCUT2D eigenvalue weighted by Gasteiger charge is 2.20.